The Morgan fingerprint density at radius 2 is 2.05 bits per heavy atom. The maximum atomic E-state index is 12.3. The molecular weight excluding hydrogens is 268 g/mol. The highest BCUT2D eigenvalue weighted by Gasteiger charge is 2.30. The van der Waals surface area contributed by atoms with E-state index in [4.69, 9.17) is 5.11 Å². The van der Waals surface area contributed by atoms with Crippen LogP contribution in [0.5, 0.6) is 0 Å². The quantitative estimate of drug-likeness (QED) is 0.895. The van der Waals surface area contributed by atoms with E-state index in [2.05, 4.69) is 0 Å². The summed E-state index contributed by atoms with van der Waals surface area (Å²) < 4.78 is 0. The summed E-state index contributed by atoms with van der Waals surface area (Å²) in [5.74, 6) is -1.08. The largest absolute Gasteiger partial charge is 0.481 e. The summed E-state index contributed by atoms with van der Waals surface area (Å²) in [6.07, 6.45) is 0.626. The Bertz CT molecular complexity index is 504. The molecule has 0 radical (unpaired) electrons. The zero-order chi connectivity index (χ0) is 15.4. The van der Waals surface area contributed by atoms with Gasteiger partial charge >= 0.3 is 5.97 Å². The monoisotopic (exact) mass is 290 g/mol. The first-order valence-electron chi connectivity index (χ1n) is 7.24. The SMILES string of the molecule is CC(c1ccccc1)N(C)C(=O)CN1CCC(C(=O)O)C1. The number of likely N-dealkylation sites (N-methyl/N-ethyl adjacent to an activating group) is 1. The van der Waals surface area contributed by atoms with E-state index < -0.39 is 5.97 Å². The molecule has 1 heterocycles. The maximum absolute atomic E-state index is 12.3. The van der Waals surface area contributed by atoms with Crippen LogP contribution in [0.1, 0.15) is 24.9 Å². The molecule has 0 aliphatic carbocycles. The van der Waals surface area contributed by atoms with Crippen LogP contribution in [0.15, 0.2) is 30.3 Å². The predicted octanol–water partition coefficient (Wildman–Crippen LogP) is 1.61. The van der Waals surface area contributed by atoms with Gasteiger partial charge in [-0.3, -0.25) is 14.5 Å². The van der Waals surface area contributed by atoms with E-state index in [-0.39, 0.29) is 24.4 Å². The molecule has 1 N–H and O–H groups in total. The van der Waals surface area contributed by atoms with Crippen molar-refractivity contribution in [3.63, 3.8) is 0 Å². The van der Waals surface area contributed by atoms with E-state index in [0.717, 1.165) is 5.56 Å². The molecule has 21 heavy (non-hydrogen) atoms. The minimum Gasteiger partial charge on any atom is -0.481 e. The van der Waals surface area contributed by atoms with Crippen molar-refractivity contribution < 1.29 is 14.7 Å². The molecule has 5 nitrogen and oxygen atoms in total. The fourth-order valence-corrected chi connectivity index (χ4v) is 2.65. The van der Waals surface area contributed by atoms with E-state index >= 15 is 0 Å². The average molecular weight is 290 g/mol. The third kappa shape index (κ3) is 3.82. The van der Waals surface area contributed by atoms with Gasteiger partial charge in [0.1, 0.15) is 0 Å². The summed E-state index contributed by atoms with van der Waals surface area (Å²) in [4.78, 5) is 26.9. The first-order valence-corrected chi connectivity index (χ1v) is 7.24. The lowest BCUT2D eigenvalue weighted by atomic mass is 10.1. The summed E-state index contributed by atoms with van der Waals surface area (Å²) in [5, 5.41) is 8.99. The van der Waals surface area contributed by atoms with Crippen molar-refractivity contribution in [1.82, 2.24) is 9.80 Å². The molecule has 0 bridgehead atoms. The zero-order valence-corrected chi connectivity index (χ0v) is 12.5. The number of carbonyl (C=O) groups excluding carboxylic acids is 1. The first-order chi connectivity index (χ1) is 9.99. The minimum atomic E-state index is -0.768. The maximum Gasteiger partial charge on any atom is 0.307 e. The predicted molar refractivity (Wildman–Crippen MR) is 79.8 cm³/mol. The number of carboxylic acids is 1. The number of hydrogen-bond acceptors (Lipinski definition) is 3. The molecule has 1 aliphatic heterocycles. The highest BCUT2D eigenvalue weighted by Crippen LogP contribution is 2.20. The van der Waals surface area contributed by atoms with Gasteiger partial charge in [0.05, 0.1) is 18.5 Å². The number of hydrogen-bond donors (Lipinski definition) is 1. The summed E-state index contributed by atoms with van der Waals surface area (Å²) in [5.41, 5.74) is 1.10. The Morgan fingerprint density at radius 3 is 2.62 bits per heavy atom. The van der Waals surface area contributed by atoms with Gasteiger partial charge in [-0.2, -0.15) is 0 Å². The zero-order valence-electron chi connectivity index (χ0n) is 12.5. The Labute approximate surface area is 125 Å². The molecule has 0 saturated carbocycles. The van der Waals surface area contributed by atoms with Crippen LogP contribution >= 0.6 is 0 Å². The van der Waals surface area contributed by atoms with Gasteiger partial charge in [-0.05, 0) is 25.5 Å². The van der Waals surface area contributed by atoms with Gasteiger partial charge in [0.25, 0.3) is 0 Å². The number of likely N-dealkylation sites (tertiary alicyclic amines) is 1. The Morgan fingerprint density at radius 1 is 1.38 bits per heavy atom. The molecule has 1 saturated heterocycles. The second kappa shape index (κ2) is 6.72. The van der Waals surface area contributed by atoms with Crippen molar-refractivity contribution in [2.45, 2.75) is 19.4 Å². The molecule has 2 unspecified atom stereocenters. The molecular formula is C16H22N2O3. The Hall–Kier alpha value is -1.88. The van der Waals surface area contributed by atoms with Crippen molar-refractivity contribution in [3.05, 3.63) is 35.9 Å². The normalized spacial score (nSPS) is 20.2. The third-order valence-electron chi connectivity index (χ3n) is 4.24. The molecule has 2 atom stereocenters. The minimum absolute atomic E-state index is 0.0107. The van der Waals surface area contributed by atoms with Crippen molar-refractivity contribution in [1.29, 1.82) is 0 Å². The van der Waals surface area contributed by atoms with Crippen molar-refractivity contribution >= 4 is 11.9 Å². The molecule has 0 aromatic heterocycles. The van der Waals surface area contributed by atoms with E-state index in [1.807, 2.05) is 42.2 Å². The molecule has 1 fully saturated rings. The van der Waals surface area contributed by atoms with Gasteiger partial charge in [0.15, 0.2) is 0 Å². The lowest BCUT2D eigenvalue weighted by molar-refractivity contribution is -0.141. The highest BCUT2D eigenvalue weighted by atomic mass is 16.4. The van der Waals surface area contributed by atoms with Crippen LogP contribution in [-0.4, -0.2) is 53.5 Å². The van der Waals surface area contributed by atoms with Crippen LogP contribution in [0.4, 0.5) is 0 Å². The lowest BCUT2D eigenvalue weighted by Gasteiger charge is -2.27. The van der Waals surface area contributed by atoms with Crippen LogP contribution in [0.2, 0.25) is 0 Å². The number of carbonyl (C=O) groups is 2. The van der Waals surface area contributed by atoms with Crippen LogP contribution < -0.4 is 0 Å². The van der Waals surface area contributed by atoms with E-state index in [1.165, 1.54) is 0 Å². The summed E-state index contributed by atoms with van der Waals surface area (Å²) in [6, 6.07) is 9.89. The molecule has 5 heteroatoms. The van der Waals surface area contributed by atoms with E-state index in [1.54, 1.807) is 11.9 Å². The molecule has 1 aromatic rings. The average Bonchev–Trinajstić information content (AvgIpc) is 2.95. The fraction of sp³-hybridized carbons (Fsp3) is 0.500. The number of benzene rings is 1. The second-order valence-electron chi connectivity index (χ2n) is 5.65. The Kier molecular flexibility index (Phi) is 4.96. The van der Waals surface area contributed by atoms with Crippen LogP contribution in [0.25, 0.3) is 0 Å². The topological polar surface area (TPSA) is 60.9 Å². The third-order valence-corrected chi connectivity index (χ3v) is 4.24. The summed E-state index contributed by atoms with van der Waals surface area (Å²) in [7, 11) is 1.80. The number of carboxylic acid groups (broad SMARTS) is 1. The van der Waals surface area contributed by atoms with Crippen LogP contribution in [0, 0.1) is 5.92 Å². The van der Waals surface area contributed by atoms with Crippen molar-refractivity contribution in [3.8, 4) is 0 Å². The molecule has 1 aromatic carbocycles. The lowest BCUT2D eigenvalue weighted by Crippen LogP contribution is -2.39. The molecule has 1 aliphatic rings. The summed E-state index contributed by atoms with van der Waals surface area (Å²) >= 11 is 0. The van der Waals surface area contributed by atoms with Gasteiger partial charge in [-0.15, -0.1) is 0 Å². The van der Waals surface area contributed by atoms with E-state index in [0.29, 0.717) is 19.5 Å². The van der Waals surface area contributed by atoms with Crippen molar-refractivity contribution in [2.24, 2.45) is 5.92 Å². The smallest absolute Gasteiger partial charge is 0.307 e. The van der Waals surface area contributed by atoms with Crippen LogP contribution in [-0.2, 0) is 9.59 Å². The van der Waals surface area contributed by atoms with Gasteiger partial charge in [0, 0.05) is 13.6 Å². The standard InChI is InChI=1S/C16H22N2O3/c1-12(13-6-4-3-5-7-13)17(2)15(19)11-18-9-8-14(10-18)16(20)21/h3-7,12,14H,8-11H2,1-2H3,(H,20,21). The number of nitrogens with zero attached hydrogens (tertiary/aromatic N) is 2. The molecule has 1 amide bonds. The fourth-order valence-electron chi connectivity index (χ4n) is 2.65. The Balaban J connectivity index is 1.90. The van der Waals surface area contributed by atoms with Gasteiger partial charge in [-0.25, -0.2) is 0 Å². The first kappa shape index (κ1) is 15.5. The van der Waals surface area contributed by atoms with Gasteiger partial charge in [-0.1, -0.05) is 30.3 Å². The number of rotatable bonds is 5. The second-order valence-corrected chi connectivity index (χ2v) is 5.65. The molecule has 114 valence electrons. The molecule has 2 rings (SSSR count). The number of aliphatic carboxylic acids is 1. The summed E-state index contributed by atoms with van der Waals surface area (Å²) in [6.45, 7) is 3.43. The van der Waals surface area contributed by atoms with E-state index in [9.17, 15) is 9.59 Å². The van der Waals surface area contributed by atoms with Gasteiger partial charge < -0.3 is 10.0 Å². The van der Waals surface area contributed by atoms with Crippen LogP contribution in [0.3, 0.4) is 0 Å². The van der Waals surface area contributed by atoms with Crippen molar-refractivity contribution in [2.75, 3.05) is 26.7 Å². The highest BCUT2D eigenvalue weighted by molar-refractivity contribution is 5.78. The molecule has 0 spiro atoms. The number of amides is 1. The van der Waals surface area contributed by atoms with Gasteiger partial charge in [0.2, 0.25) is 5.91 Å².